The lowest BCUT2D eigenvalue weighted by molar-refractivity contribution is -0.145. The number of nitrogens with one attached hydrogen (secondary N) is 1. The Labute approximate surface area is 116 Å². The molecule has 0 radical (unpaired) electrons. The van der Waals surface area contributed by atoms with E-state index in [9.17, 15) is 31.9 Å². The van der Waals surface area contributed by atoms with Gasteiger partial charge in [0, 0.05) is 6.54 Å². The second-order valence-corrected chi connectivity index (χ2v) is 3.99. The zero-order chi connectivity index (χ0) is 16.2. The van der Waals surface area contributed by atoms with Gasteiger partial charge < -0.3 is 15.2 Å². The van der Waals surface area contributed by atoms with Crippen LogP contribution in [0.15, 0.2) is 0 Å². The zero-order valence-electron chi connectivity index (χ0n) is 10.9. The van der Waals surface area contributed by atoms with Crippen molar-refractivity contribution in [2.75, 3.05) is 18.5 Å². The van der Waals surface area contributed by atoms with Crippen LogP contribution in [0.3, 0.4) is 0 Å². The van der Waals surface area contributed by atoms with Gasteiger partial charge in [0.2, 0.25) is 5.82 Å². The minimum atomic E-state index is -2.28. The van der Waals surface area contributed by atoms with Crippen LogP contribution in [-0.4, -0.2) is 30.3 Å². The van der Waals surface area contributed by atoms with Crippen LogP contribution in [0.1, 0.15) is 13.3 Å². The molecule has 0 aliphatic carbocycles. The topological polar surface area (TPSA) is 58.6 Å². The maximum atomic E-state index is 13.3. The number of hydrogen-bond donors (Lipinski definition) is 2. The van der Waals surface area contributed by atoms with Crippen LogP contribution in [-0.2, 0) is 9.53 Å². The number of rotatable bonds is 6. The van der Waals surface area contributed by atoms with Gasteiger partial charge in [-0.15, -0.1) is 0 Å². The highest BCUT2D eigenvalue weighted by Gasteiger charge is 2.26. The fourth-order valence-electron chi connectivity index (χ4n) is 1.46. The third-order valence-corrected chi connectivity index (χ3v) is 2.43. The normalized spacial score (nSPS) is 12.1. The van der Waals surface area contributed by atoms with Gasteiger partial charge in [0.1, 0.15) is 5.69 Å². The number of carbonyl (C=O) groups is 1. The molecule has 0 aromatic heterocycles. The summed E-state index contributed by atoms with van der Waals surface area (Å²) in [6.07, 6.45) is -1.91. The highest BCUT2D eigenvalue weighted by Crippen LogP contribution is 2.27. The van der Waals surface area contributed by atoms with Gasteiger partial charge in [-0.25, -0.2) is 22.0 Å². The molecule has 1 aromatic rings. The first-order valence-corrected chi connectivity index (χ1v) is 5.88. The van der Waals surface area contributed by atoms with Crippen molar-refractivity contribution in [3.63, 3.8) is 0 Å². The highest BCUT2D eigenvalue weighted by atomic mass is 19.2. The van der Waals surface area contributed by atoms with Crippen LogP contribution < -0.4 is 5.32 Å². The molecule has 1 atom stereocenters. The Morgan fingerprint density at radius 1 is 1.10 bits per heavy atom. The average molecular weight is 313 g/mol. The Morgan fingerprint density at radius 2 is 1.57 bits per heavy atom. The Kier molecular flexibility index (Phi) is 5.89. The van der Waals surface area contributed by atoms with E-state index in [1.165, 1.54) is 6.92 Å². The fourth-order valence-corrected chi connectivity index (χ4v) is 1.46. The summed E-state index contributed by atoms with van der Waals surface area (Å²) < 4.78 is 69.7. The van der Waals surface area contributed by atoms with Gasteiger partial charge in [-0.1, -0.05) is 0 Å². The number of carbonyl (C=O) groups excluding carboxylic acids is 1. The summed E-state index contributed by atoms with van der Waals surface area (Å²) in [5, 5.41) is 11.3. The predicted molar refractivity (Wildman–Crippen MR) is 62.0 cm³/mol. The Balaban J connectivity index is 2.78. The SMILES string of the molecule is CCOC(=O)CC(O)CNc1c(F)c(F)c(F)c(F)c1F. The van der Waals surface area contributed by atoms with Crippen LogP contribution in [0.4, 0.5) is 27.6 Å². The van der Waals surface area contributed by atoms with Crippen molar-refractivity contribution in [1.82, 2.24) is 0 Å². The summed E-state index contributed by atoms with van der Waals surface area (Å²) >= 11 is 0. The molecule has 0 fully saturated rings. The Hall–Kier alpha value is -1.90. The minimum Gasteiger partial charge on any atom is -0.466 e. The van der Waals surface area contributed by atoms with E-state index >= 15 is 0 Å². The summed E-state index contributed by atoms with van der Waals surface area (Å²) in [5.74, 6) is -11.3. The van der Waals surface area contributed by atoms with E-state index in [-0.39, 0.29) is 6.61 Å². The van der Waals surface area contributed by atoms with Crippen molar-refractivity contribution >= 4 is 11.7 Å². The van der Waals surface area contributed by atoms with Gasteiger partial charge >= 0.3 is 5.97 Å². The minimum absolute atomic E-state index is 0.0800. The van der Waals surface area contributed by atoms with E-state index < -0.39 is 59.8 Å². The molecule has 0 spiro atoms. The van der Waals surface area contributed by atoms with Crippen molar-refractivity contribution in [3.05, 3.63) is 29.1 Å². The van der Waals surface area contributed by atoms with Gasteiger partial charge in [-0.3, -0.25) is 4.79 Å². The molecule has 9 heteroatoms. The number of aliphatic hydroxyl groups is 1. The van der Waals surface area contributed by atoms with Crippen molar-refractivity contribution < 1.29 is 36.6 Å². The van der Waals surface area contributed by atoms with Crippen molar-refractivity contribution in [1.29, 1.82) is 0 Å². The molecule has 118 valence electrons. The van der Waals surface area contributed by atoms with Crippen molar-refractivity contribution in [3.8, 4) is 0 Å². The third kappa shape index (κ3) is 4.03. The standard InChI is InChI=1S/C12H12F5NO3/c1-2-21-6(20)3-5(19)4-18-12-10(16)8(14)7(13)9(15)11(12)17/h5,18-19H,2-4H2,1H3. The van der Waals surface area contributed by atoms with Gasteiger partial charge in [0.05, 0.1) is 19.1 Å². The van der Waals surface area contributed by atoms with Crippen LogP contribution in [0, 0.1) is 29.1 Å². The van der Waals surface area contributed by atoms with Crippen LogP contribution in [0.5, 0.6) is 0 Å². The van der Waals surface area contributed by atoms with E-state index in [2.05, 4.69) is 4.74 Å². The molecule has 1 aromatic carbocycles. The molecule has 2 N–H and O–H groups in total. The summed E-state index contributed by atoms with van der Waals surface area (Å²) in [6, 6.07) is 0. The summed E-state index contributed by atoms with van der Waals surface area (Å²) in [5.41, 5.74) is -1.27. The number of ether oxygens (including phenoxy) is 1. The summed E-state index contributed by atoms with van der Waals surface area (Å²) in [7, 11) is 0. The molecular formula is C12H12F5NO3. The Bertz CT molecular complexity index is 509. The molecule has 0 saturated carbocycles. The first kappa shape index (κ1) is 17.2. The van der Waals surface area contributed by atoms with Gasteiger partial charge in [-0.05, 0) is 6.92 Å². The number of anilines is 1. The molecule has 0 bridgehead atoms. The van der Waals surface area contributed by atoms with Crippen LogP contribution in [0.2, 0.25) is 0 Å². The van der Waals surface area contributed by atoms with Crippen LogP contribution in [0.25, 0.3) is 0 Å². The molecule has 0 aliphatic rings. The van der Waals surface area contributed by atoms with E-state index in [4.69, 9.17) is 0 Å². The fraction of sp³-hybridized carbons (Fsp3) is 0.417. The molecule has 1 rings (SSSR count). The molecule has 0 saturated heterocycles. The molecule has 21 heavy (non-hydrogen) atoms. The smallest absolute Gasteiger partial charge is 0.308 e. The van der Waals surface area contributed by atoms with E-state index in [1.54, 1.807) is 0 Å². The lowest BCUT2D eigenvalue weighted by Gasteiger charge is -2.14. The van der Waals surface area contributed by atoms with Crippen LogP contribution >= 0.6 is 0 Å². The first-order valence-electron chi connectivity index (χ1n) is 5.88. The zero-order valence-corrected chi connectivity index (χ0v) is 10.9. The highest BCUT2D eigenvalue weighted by molar-refractivity contribution is 5.70. The summed E-state index contributed by atoms with van der Waals surface area (Å²) in [4.78, 5) is 11.0. The van der Waals surface area contributed by atoms with E-state index in [0.717, 1.165) is 0 Å². The summed E-state index contributed by atoms with van der Waals surface area (Å²) in [6.45, 7) is 1.02. The number of benzene rings is 1. The molecule has 1 unspecified atom stereocenters. The average Bonchev–Trinajstić information content (AvgIpc) is 2.43. The first-order chi connectivity index (χ1) is 9.79. The molecule has 4 nitrogen and oxygen atoms in total. The Morgan fingerprint density at radius 3 is 2.05 bits per heavy atom. The lowest BCUT2D eigenvalue weighted by Crippen LogP contribution is -2.25. The lowest BCUT2D eigenvalue weighted by atomic mass is 10.2. The molecule has 0 aliphatic heterocycles. The second kappa shape index (κ2) is 7.21. The van der Waals surface area contributed by atoms with Gasteiger partial charge in [-0.2, -0.15) is 0 Å². The monoisotopic (exact) mass is 313 g/mol. The number of aliphatic hydroxyl groups excluding tert-OH is 1. The number of hydrogen-bond acceptors (Lipinski definition) is 4. The quantitative estimate of drug-likeness (QED) is 0.365. The number of halogens is 5. The van der Waals surface area contributed by atoms with E-state index in [1.807, 2.05) is 5.32 Å². The van der Waals surface area contributed by atoms with Gasteiger partial charge in [0.25, 0.3) is 0 Å². The maximum absolute atomic E-state index is 13.3. The van der Waals surface area contributed by atoms with Gasteiger partial charge in [0.15, 0.2) is 23.3 Å². The number of esters is 1. The third-order valence-electron chi connectivity index (χ3n) is 2.43. The predicted octanol–water partition coefficient (Wildman–Crippen LogP) is 2.11. The molecular weight excluding hydrogens is 301 g/mol. The van der Waals surface area contributed by atoms with Crippen molar-refractivity contribution in [2.24, 2.45) is 0 Å². The molecule has 0 heterocycles. The maximum Gasteiger partial charge on any atom is 0.308 e. The largest absolute Gasteiger partial charge is 0.466 e. The van der Waals surface area contributed by atoms with E-state index in [0.29, 0.717) is 0 Å². The molecule has 0 amide bonds. The second-order valence-electron chi connectivity index (χ2n) is 3.99. The van der Waals surface area contributed by atoms with Crippen molar-refractivity contribution in [2.45, 2.75) is 19.4 Å².